The number of carbonyl (C=O) groups is 2. The molecule has 2 amide bonds. The molecule has 39 heavy (non-hydrogen) atoms. The number of hydrogen-bond acceptors (Lipinski definition) is 7. The van der Waals surface area contributed by atoms with Gasteiger partial charge in [0, 0.05) is 19.1 Å². The molecule has 2 rings (SSSR count). The summed E-state index contributed by atoms with van der Waals surface area (Å²) in [5.41, 5.74) is 0.584. The van der Waals surface area contributed by atoms with E-state index >= 15 is 0 Å². The number of alkyl carbamates (subject to hydrolysis) is 2. The minimum atomic E-state index is -0.998. The molecule has 0 saturated heterocycles. The van der Waals surface area contributed by atoms with Gasteiger partial charge in [-0.3, -0.25) is 0 Å². The van der Waals surface area contributed by atoms with Gasteiger partial charge in [-0.15, -0.1) is 0 Å². The van der Waals surface area contributed by atoms with E-state index in [0.29, 0.717) is 12.8 Å². The number of aliphatic hydroxyl groups excluding tert-OH is 2. The van der Waals surface area contributed by atoms with Crippen molar-refractivity contribution in [1.29, 1.82) is 0 Å². The minimum absolute atomic E-state index is 0.0425. The number of benzene rings is 2. The van der Waals surface area contributed by atoms with Crippen LogP contribution in [-0.2, 0) is 22.3 Å². The first-order chi connectivity index (χ1) is 18.2. The number of ether oxygens (including phenoxy) is 2. The molecular formula is C30H45N3O6. The second-order valence-corrected chi connectivity index (χ2v) is 11.7. The average Bonchev–Trinajstić information content (AvgIpc) is 2.83. The Hall–Kier alpha value is -3.14. The highest BCUT2D eigenvalue weighted by Crippen LogP contribution is 2.12. The highest BCUT2D eigenvalue weighted by atomic mass is 16.6. The topological polar surface area (TPSA) is 129 Å². The maximum Gasteiger partial charge on any atom is 0.407 e. The van der Waals surface area contributed by atoms with E-state index in [-0.39, 0.29) is 13.1 Å². The molecule has 2 unspecified atom stereocenters. The maximum absolute atomic E-state index is 12.5. The van der Waals surface area contributed by atoms with E-state index in [1.165, 1.54) is 0 Å². The van der Waals surface area contributed by atoms with Gasteiger partial charge < -0.3 is 35.6 Å². The molecule has 0 radical (unpaired) electrons. The van der Waals surface area contributed by atoms with Gasteiger partial charge in [-0.05, 0) is 65.5 Å². The fourth-order valence-corrected chi connectivity index (χ4v) is 3.88. The van der Waals surface area contributed by atoms with Crippen LogP contribution >= 0.6 is 0 Å². The predicted octanol–water partition coefficient (Wildman–Crippen LogP) is 3.57. The van der Waals surface area contributed by atoms with Gasteiger partial charge in [0.25, 0.3) is 0 Å². The molecule has 0 aliphatic carbocycles. The van der Waals surface area contributed by atoms with E-state index in [1.807, 2.05) is 60.7 Å². The molecule has 216 valence electrons. The lowest BCUT2D eigenvalue weighted by atomic mass is 9.98. The zero-order chi connectivity index (χ0) is 29.1. The molecule has 0 spiro atoms. The van der Waals surface area contributed by atoms with Crippen LogP contribution in [0.4, 0.5) is 9.59 Å². The number of carbonyl (C=O) groups excluding carboxylic acids is 2. The van der Waals surface area contributed by atoms with Crippen molar-refractivity contribution in [2.75, 3.05) is 13.1 Å². The third kappa shape index (κ3) is 13.5. The Morgan fingerprint density at radius 2 is 1.13 bits per heavy atom. The number of aliphatic hydroxyl groups is 2. The highest BCUT2D eigenvalue weighted by molar-refractivity contribution is 5.68. The Morgan fingerprint density at radius 1 is 0.692 bits per heavy atom. The monoisotopic (exact) mass is 543 g/mol. The summed E-state index contributed by atoms with van der Waals surface area (Å²) in [7, 11) is 0. The normalized spacial score (nSPS) is 15.0. The van der Waals surface area contributed by atoms with Crippen molar-refractivity contribution in [3.63, 3.8) is 0 Å². The third-order valence-corrected chi connectivity index (χ3v) is 5.67. The van der Waals surface area contributed by atoms with Crippen LogP contribution in [0.3, 0.4) is 0 Å². The second-order valence-electron chi connectivity index (χ2n) is 11.7. The first-order valence-corrected chi connectivity index (χ1v) is 13.4. The Balaban J connectivity index is 2.11. The lowest BCUT2D eigenvalue weighted by molar-refractivity contribution is 0.0402. The molecule has 2 aromatic rings. The summed E-state index contributed by atoms with van der Waals surface area (Å²) in [6.45, 7) is 10.7. The lowest BCUT2D eigenvalue weighted by Gasteiger charge is -2.30. The molecule has 0 fully saturated rings. The molecule has 2 aromatic carbocycles. The molecular weight excluding hydrogens is 498 g/mol. The van der Waals surface area contributed by atoms with Crippen LogP contribution in [0.5, 0.6) is 0 Å². The number of rotatable bonds is 12. The molecule has 0 heterocycles. The van der Waals surface area contributed by atoms with E-state index in [0.717, 1.165) is 11.1 Å². The van der Waals surface area contributed by atoms with Crippen molar-refractivity contribution < 1.29 is 29.3 Å². The van der Waals surface area contributed by atoms with Crippen LogP contribution in [0.1, 0.15) is 52.7 Å². The van der Waals surface area contributed by atoms with Gasteiger partial charge in [0.2, 0.25) is 0 Å². The Bertz CT molecular complexity index is 1000. The summed E-state index contributed by atoms with van der Waals surface area (Å²) in [6.07, 6.45) is -2.38. The van der Waals surface area contributed by atoms with E-state index in [1.54, 1.807) is 41.5 Å². The molecule has 0 aromatic heterocycles. The van der Waals surface area contributed by atoms with E-state index in [9.17, 15) is 19.8 Å². The van der Waals surface area contributed by atoms with Crippen molar-refractivity contribution in [2.45, 2.75) is 89.9 Å². The van der Waals surface area contributed by atoms with Gasteiger partial charge >= 0.3 is 12.2 Å². The maximum atomic E-state index is 12.5. The van der Waals surface area contributed by atoms with Gasteiger partial charge in [0.1, 0.15) is 11.2 Å². The molecule has 0 bridgehead atoms. The van der Waals surface area contributed by atoms with Crippen molar-refractivity contribution >= 4 is 12.2 Å². The SMILES string of the molecule is CC(C)(C)OC(=O)NC[C@@H](O)[C@@H](Cc1ccccc1)NCC(O)C(Cc1ccccc1)NC(=O)OC(C)(C)C. The number of hydrogen-bond donors (Lipinski definition) is 5. The lowest BCUT2D eigenvalue weighted by Crippen LogP contribution is -2.54. The predicted molar refractivity (Wildman–Crippen MR) is 151 cm³/mol. The summed E-state index contributed by atoms with van der Waals surface area (Å²) in [6, 6.07) is 18.0. The summed E-state index contributed by atoms with van der Waals surface area (Å²) in [5.74, 6) is 0. The van der Waals surface area contributed by atoms with Crippen molar-refractivity contribution in [1.82, 2.24) is 16.0 Å². The molecule has 0 saturated carbocycles. The highest BCUT2D eigenvalue weighted by Gasteiger charge is 2.28. The van der Waals surface area contributed by atoms with Crippen molar-refractivity contribution in [2.24, 2.45) is 0 Å². The van der Waals surface area contributed by atoms with Gasteiger partial charge in [-0.1, -0.05) is 60.7 Å². The van der Waals surface area contributed by atoms with Gasteiger partial charge in [0.05, 0.1) is 18.2 Å². The standard InChI is InChI=1S/C30H45N3O6/c1-29(2,3)38-27(36)32-20-25(34)23(17-21-13-9-7-10-14-21)31-19-26(35)24(18-22-15-11-8-12-16-22)33-28(37)39-30(4,5)6/h7-16,23-26,31,34-35H,17-20H2,1-6H3,(H,32,36)(H,33,37)/t23-,24?,25-,26?/m1/s1. The summed E-state index contributed by atoms with van der Waals surface area (Å²) in [5, 5.41) is 30.8. The van der Waals surface area contributed by atoms with E-state index in [4.69, 9.17) is 9.47 Å². The number of amides is 2. The van der Waals surface area contributed by atoms with Crippen LogP contribution in [0.25, 0.3) is 0 Å². The first-order valence-electron chi connectivity index (χ1n) is 13.4. The molecule has 0 aliphatic heterocycles. The van der Waals surface area contributed by atoms with Crippen molar-refractivity contribution in [3.8, 4) is 0 Å². The Morgan fingerprint density at radius 3 is 1.62 bits per heavy atom. The zero-order valence-corrected chi connectivity index (χ0v) is 23.9. The molecule has 9 heteroatoms. The second kappa shape index (κ2) is 14.9. The van der Waals surface area contributed by atoms with Gasteiger partial charge in [0.15, 0.2) is 0 Å². The van der Waals surface area contributed by atoms with Crippen molar-refractivity contribution in [3.05, 3.63) is 71.8 Å². The minimum Gasteiger partial charge on any atom is -0.444 e. The number of nitrogens with one attached hydrogen (secondary N) is 3. The summed E-state index contributed by atoms with van der Waals surface area (Å²) < 4.78 is 10.7. The molecule has 4 atom stereocenters. The summed E-state index contributed by atoms with van der Waals surface area (Å²) >= 11 is 0. The van der Waals surface area contributed by atoms with Crippen LogP contribution in [0.15, 0.2) is 60.7 Å². The third-order valence-electron chi connectivity index (χ3n) is 5.67. The van der Waals surface area contributed by atoms with Gasteiger partial charge in [-0.2, -0.15) is 0 Å². The Kier molecular flexibility index (Phi) is 12.2. The quantitative estimate of drug-likeness (QED) is 0.277. The fourth-order valence-electron chi connectivity index (χ4n) is 3.88. The average molecular weight is 544 g/mol. The first kappa shape index (κ1) is 32.1. The van der Waals surface area contributed by atoms with E-state index in [2.05, 4.69) is 16.0 Å². The molecule has 5 N–H and O–H groups in total. The Labute approximate surface area is 232 Å². The van der Waals surface area contributed by atoms with Gasteiger partial charge in [-0.25, -0.2) is 9.59 Å². The molecule has 0 aliphatic rings. The van der Waals surface area contributed by atoms with Crippen LogP contribution in [-0.4, -0.2) is 71.0 Å². The smallest absolute Gasteiger partial charge is 0.407 e. The van der Waals surface area contributed by atoms with Crippen LogP contribution in [0, 0.1) is 0 Å². The van der Waals surface area contributed by atoms with Crippen LogP contribution < -0.4 is 16.0 Å². The fraction of sp³-hybridized carbons (Fsp3) is 0.533. The largest absolute Gasteiger partial charge is 0.444 e. The van der Waals surface area contributed by atoms with Crippen LogP contribution in [0.2, 0.25) is 0 Å². The zero-order valence-electron chi connectivity index (χ0n) is 23.9. The van der Waals surface area contributed by atoms with E-state index < -0.39 is 47.7 Å². The summed E-state index contributed by atoms with van der Waals surface area (Å²) in [4.78, 5) is 24.7. The molecule has 9 nitrogen and oxygen atoms in total.